The fourth-order valence-corrected chi connectivity index (χ4v) is 3.55. The fraction of sp³-hybridized carbons (Fsp3) is 0.632. The summed E-state index contributed by atoms with van der Waals surface area (Å²) < 4.78 is 0. The lowest BCUT2D eigenvalue weighted by molar-refractivity contribution is 0.271. The first-order chi connectivity index (χ1) is 10.7. The van der Waals surface area contributed by atoms with Crippen molar-refractivity contribution in [2.24, 2.45) is 10.9 Å². The van der Waals surface area contributed by atoms with E-state index in [1.165, 1.54) is 48.6 Å². The van der Waals surface area contributed by atoms with Crippen LogP contribution in [0.4, 0.5) is 5.69 Å². The maximum Gasteiger partial charge on any atom is 0.0420 e. The molecule has 2 aliphatic heterocycles. The molecule has 22 heavy (non-hydrogen) atoms. The van der Waals surface area contributed by atoms with Crippen LogP contribution in [0.5, 0.6) is 0 Å². The van der Waals surface area contributed by atoms with E-state index in [1.54, 1.807) is 0 Å². The molecule has 1 unspecified atom stereocenters. The molecule has 0 aromatic heterocycles. The Morgan fingerprint density at radius 3 is 2.55 bits per heavy atom. The summed E-state index contributed by atoms with van der Waals surface area (Å²) in [5.41, 5.74) is 5.44. The van der Waals surface area contributed by atoms with Gasteiger partial charge in [0.1, 0.15) is 0 Å². The van der Waals surface area contributed by atoms with Crippen molar-refractivity contribution in [1.82, 2.24) is 4.90 Å². The van der Waals surface area contributed by atoms with E-state index in [4.69, 9.17) is 4.99 Å². The maximum atomic E-state index is 4.78. The van der Waals surface area contributed by atoms with Crippen LogP contribution >= 0.6 is 0 Å². The highest BCUT2D eigenvalue weighted by atomic mass is 15.3. The minimum absolute atomic E-state index is 0.749. The summed E-state index contributed by atoms with van der Waals surface area (Å²) in [4.78, 5) is 9.85. The van der Waals surface area contributed by atoms with Gasteiger partial charge < -0.3 is 9.80 Å². The topological polar surface area (TPSA) is 18.8 Å². The molecule has 3 nitrogen and oxygen atoms in total. The predicted octanol–water partition coefficient (Wildman–Crippen LogP) is 3.36. The second-order valence-electron chi connectivity index (χ2n) is 6.85. The van der Waals surface area contributed by atoms with Gasteiger partial charge in [0.2, 0.25) is 0 Å². The molecule has 0 N–H and O–H groups in total. The summed E-state index contributed by atoms with van der Waals surface area (Å²) in [5.74, 6) is 0.749. The predicted molar refractivity (Wildman–Crippen MR) is 95.3 cm³/mol. The summed E-state index contributed by atoms with van der Waals surface area (Å²) >= 11 is 0. The summed E-state index contributed by atoms with van der Waals surface area (Å²) in [7, 11) is 0. The first-order valence-corrected chi connectivity index (χ1v) is 8.79. The van der Waals surface area contributed by atoms with E-state index >= 15 is 0 Å². The molecule has 0 aliphatic carbocycles. The van der Waals surface area contributed by atoms with Gasteiger partial charge >= 0.3 is 0 Å². The molecule has 0 saturated carbocycles. The zero-order chi connectivity index (χ0) is 15.5. The lowest BCUT2D eigenvalue weighted by Crippen LogP contribution is -2.46. The van der Waals surface area contributed by atoms with Gasteiger partial charge in [0.25, 0.3) is 0 Å². The Morgan fingerprint density at radius 1 is 1.18 bits per heavy atom. The van der Waals surface area contributed by atoms with Crippen LogP contribution in [-0.2, 0) is 0 Å². The lowest BCUT2D eigenvalue weighted by Gasteiger charge is -2.36. The molecule has 2 heterocycles. The molecular formula is C19H29N3. The Hall–Kier alpha value is -1.35. The molecule has 2 aliphatic rings. The Kier molecular flexibility index (Phi) is 4.82. The third-order valence-corrected chi connectivity index (χ3v) is 5.16. The molecule has 1 saturated heterocycles. The quantitative estimate of drug-likeness (QED) is 0.852. The second-order valence-corrected chi connectivity index (χ2v) is 6.85. The Morgan fingerprint density at radius 2 is 1.95 bits per heavy atom. The van der Waals surface area contributed by atoms with Crippen LogP contribution in [0.25, 0.3) is 0 Å². The molecule has 1 aromatic rings. The Bertz CT molecular complexity index is 542. The molecule has 1 atom stereocenters. The van der Waals surface area contributed by atoms with Crippen molar-refractivity contribution in [3.8, 4) is 0 Å². The van der Waals surface area contributed by atoms with Gasteiger partial charge in [-0.3, -0.25) is 4.99 Å². The Balaban J connectivity index is 1.73. The van der Waals surface area contributed by atoms with Gasteiger partial charge in [0, 0.05) is 44.1 Å². The highest BCUT2D eigenvalue weighted by Crippen LogP contribution is 2.25. The van der Waals surface area contributed by atoms with Crippen LogP contribution in [0.3, 0.4) is 0 Å². The molecular weight excluding hydrogens is 270 g/mol. The molecule has 120 valence electrons. The van der Waals surface area contributed by atoms with Gasteiger partial charge in [0.05, 0.1) is 0 Å². The number of aryl methyl sites for hydroxylation is 1. The van der Waals surface area contributed by atoms with E-state index in [2.05, 4.69) is 48.8 Å². The van der Waals surface area contributed by atoms with Gasteiger partial charge in [0.15, 0.2) is 0 Å². The van der Waals surface area contributed by atoms with Gasteiger partial charge in [-0.05, 0) is 55.5 Å². The fourth-order valence-electron chi connectivity index (χ4n) is 3.55. The van der Waals surface area contributed by atoms with E-state index in [-0.39, 0.29) is 0 Å². The van der Waals surface area contributed by atoms with Crippen LogP contribution < -0.4 is 4.90 Å². The van der Waals surface area contributed by atoms with Crippen molar-refractivity contribution in [2.75, 3.05) is 44.2 Å². The number of aliphatic imine (C=N–C) groups is 1. The van der Waals surface area contributed by atoms with E-state index < -0.39 is 0 Å². The zero-order valence-corrected chi connectivity index (χ0v) is 14.3. The van der Waals surface area contributed by atoms with Crippen molar-refractivity contribution in [3.63, 3.8) is 0 Å². The van der Waals surface area contributed by atoms with Crippen LogP contribution in [0.1, 0.15) is 37.8 Å². The average Bonchev–Trinajstić information content (AvgIpc) is 2.56. The number of rotatable bonds is 3. The van der Waals surface area contributed by atoms with Gasteiger partial charge in [-0.25, -0.2) is 0 Å². The number of likely N-dealkylation sites (N-methyl/N-ethyl adjacent to an activating group) is 1. The number of benzene rings is 1. The minimum atomic E-state index is 0.749. The van der Waals surface area contributed by atoms with Crippen LogP contribution in [0.15, 0.2) is 23.2 Å². The summed E-state index contributed by atoms with van der Waals surface area (Å²) in [5, 5.41) is 0. The van der Waals surface area contributed by atoms with Crippen molar-refractivity contribution in [2.45, 2.75) is 33.6 Å². The van der Waals surface area contributed by atoms with Crippen LogP contribution in [0.2, 0.25) is 0 Å². The third-order valence-electron chi connectivity index (χ3n) is 5.16. The first kappa shape index (κ1) is 15.5. The van der Waals surface area contributed by atoms with E-state index in [0.29, 0.717) is 0 Å². The van der Waals surface area contributed by atoms with Crippen molar-refractivity contribution < 1.29 is 0 Å². The number of piperazine rings is 1. The summed E-state index contributed by atoms with van der Waals surface area (Å²) in [6.07, 6.45) is 2.41. The van der Waals surface area contributed by atoms with Crippen molar-refractivity contribution in [1.29, 1.82) is 0 Å². The molecule has 3 heteroatoms. The van der Waals surface area contributed by atoms with E-state index in [9.17, 15) is 0 Å². The average molecular weight is 299 g/mol. The summed E-state index contributed by atoms with van der Waals surface area (Å²) in [6.45, 7) is 13.6. The van der Waals surface area contributed by atoms with Crippen molar-refractivity contribution in [3.05, 3.63) is 29.3 Å². The smallest absolute Gasteiger partial charge is 0.0420 e. The highest BCUT2D eigenvalue weighted by Gasteiger charge is 2.18. The molecule has 0 radical (unpaired) electrons. The number of nitrogens with zero attached hydrogens (tertiary/aromatic N) is 3. The first-order valence-electron chi connectivity index (χ1n) is 8.79. The molecule has 1 aromatic carbocycles. The highest BCUT2D eigenvalue weighted by molar-refractivity contribution is 6.01. The van der Waals surface area contributed by atoms with Gasteiger partial charge in [-0.15, -0.1) is 0 Å². The third kappa shape index (κ3) is 3.35. The minimum Gasteiger partial charge on any atom is -0.369 e. The largest absolute Gasteiger partial charge is 0.369 e. The number of hydrogen-bond acceptors (Lipinski definition) is 3. The van der Waals surface area contributed by atoms with Crippen LogP contribution in [0, 0.1) is 12.8 Å². The lowest BCUT2D eigenvalue weighted by atomic mass is 9.94. The molecule has 0 spiro atoms. The SMILES string of the molecule is CCN1CCN(c2ccc(C3=NCC(C)CC3)cc2C)CC1. The van der Waals surface area contributed by atoms with Gasteiger partial charge in [-0.1, -0.05) is 19.9 Å². The Labute approximate surface area is 135 Å². The van der Waals surface area contributed by atoms with E-state index in [0.717, 1.165) is 32.0 Å². The molecule has 3 rings (SSSR count). The maximum absolute atomic E-state index is 4.78. The van der Waals surface area contributed by atoms with E-state index in [1.807, 2.05) is 0 Å². The van der Waals surface area contributed by atoms with Crippen molar-refractivity contribution >= 4 is 11.4 Å². The number of anilines is 1. The standard InChI is InChI=1S/C19H29N3/c1-4-21-9-11-22(12-10-21)19-8-6-17(13-16(19)3)18-7-5-15(2)14-20-18/h6,8,13,15H,4-5,7,9-12,14H2,1-3H3. The summed E-state index contributed by atoms with van der Waals surface area (Å²) in [6, 6.07) is 6.94. The van der Waals surface area contributed by atoms with Gasteiger partial charge in [-0.2, -0.15) is 0 Å². The normalized spacial score (nSPS) is 23.5. The molecule has 0 bridgehead atoms. The monoisotopic (exact) mass is 299 g/mol. The second kappa shape index (κ2) is 6.82. The zero-order valence-electron chi connectivity index (χ0n) is 14.3. The number of hydrogen-bond donors (Lipinski definition) is 0. The molecule has 0 amide bonds. The molecule has 1 fully saturated rings. The van der Waals surface area contributed by atoms with Crippen LogP contribution in [-0.4, -0.2) is 49.9 Å².